The number of nitriles is 2. The van der Waals surface area contributed by atoms with Crippen molar-refractivity contribution in [2.24, 2.45) is 0 Å². The van der Waals surface area contributed by atoms with Crippen LogP contribution in [0, 0.1) is 22.7 Å². The predicted molar refractivity (Wildman–Crippen MR) is 189 cm³/mol. The fourth-order valence-electron chi connectivity index (χ4n) is 6.51. The summed E-state index contributed by atoms with van der Waals surface area (Å²) in [6.45, 7) is 6.17. The molecule has 2 aromatic heterocycles. The first-order chi connectivity index (χ1) is 22.9. The Kier molecular flexibility index (Phi) is 7.33. The molecule has 0 saturated heterocycles. The number of hydrogen-bond acceptors (Lipinski definition) is 4. The van der Waals surface area contributed by atoms with Gasteiger partial charge in [0, 0.05) is 33.1 Å². The van der Waals surface area contributed by atoms with E-state index in [1.165, 1.54) is 18.2 Å². The van der Waals surface area contributed by atoms with Crippen molar-refractivity contribution < 1.29 is 8.42 Å². The number of benzene rings is 5. The molecule has 0 atom stereocenters. The van der Waals surface area contributed by atoms with Crippen LogP contribution in [-0.4, -0.2) is 17.6 Å². The number of nitrogens with zero attached hydrogens (tertiary/aromatic N) is 4. The number of rotatable bonds is 7. The molecule has 0 radical (unpaired) electrons. The van der Waals surface area contributed by atoms with E-state index in [1.54, 1.807) is 0 Å². The molecule has 0 bridgehead atoms. The van der Waals surface area contributed by atoms with E-state index in [2.05, 4.69) is 70.3 Å². The highest BCUT2D eigenvalue weighted by Gasteiger charge is 2.23. The molecule has 6 nitrogen and oxygen atoms in total. The smallest absolute Gasteiger partial charge is 0.183 e. The maximum atomic E-state index is 13.4. The lowest BCUT2D eigenvalue weighted by Crippen LogP contribution is -2.08. The second-order valence-corrected chi connectivity index (χ2v) is 13.2. The van der Waals surface area contributed by atoms with Crippen LogP contribution in [0.25, 0.3) is 56.2 Å². The van der Waals surface area contributed by atoms with E-state index in [-0.39, 0.29) is 21.8 Å². The SMILES string of the molecule is C=Cc1c(/C=C\C)n(-c2ccc(CS(=O)(=O)c3ccc(C#N)cc3C#N)cc2)c2c1ccc1c3ccccc3n(-c3ccccc3)c12. The molecule has 7 aromatic rings. The molecule has 0 amide bonds. The summed E-state index contributed by atoms with van der Waals surface area (Å²) in [5.74, 6) is -0.285. The van der Waals surface area contributed by atoms with Crippen LogP contribution >= 0.6 is 0 Å². The number of sulfone groups is 1. The van der Waals surface area contributed by atoms with E-state index < -0.39 is 9.84 Å². The first kappa shape index (κ1) is 29.6. The summed E-state index contributed by atoms with van der Waals surface area (Å²) in [6, 6.07) is 38.5. The molecule has 2 heterocycles. The minimum absolute atomic E-state index is 0.0368. The van der Waals surface area contributed by atoms with Crippen molar-refractivity contribution in [3.05, 3.63) is 150 Å². The highest BCUT2D eigenvalue weighted by atomic mass is 32.2. The summed E-state index contributed by atoms with van der Waals surface area (Å²) in [5, 5.41) is 22.1. The maximum absolute atomic E-state index is 13.4. The van der Waals surface area contributed by atoms with Crippen LogP contribution in [0.15, 0.2) is 127 Å². The van der Waals surface area contributed by atoms with E-state index in [0.29, 0.717) is 5.56 Å². The standard InChI is InChI=1S/C40H28N4O2S/c1-3-10-36-32(4-2)34-20-21-35-33-13-8-9-14-37(33)43(30-11-6-5-7-12-30)40(35)39(34)44(36)31-18-15-27(16-19-31)26-47(45,46)38-22-17-28(24-41)23-29(38)25-42/h3-23H,2,26H2,1H3/b10-3-. The fourth-order valence-corrected chi connectivity index (χ4v) is 8.01. The monoisotopic (exact) mass is 628 g/mol. The number of para-hydroxylation sites is 2. The van der Waals surface area contributed by atoms with Crippen molar-refractivity contribution in [2.45, 2.75) is 17.6 Å². The van der Waals surface area contributed by atoms with Gasteiger partial charge in [0.1, 0.15) is 6.07 Å². The number of fused-ring (bicyclic) bond motifs is 5. The van der Waals surface area contributed by atoms with Crippen LogP contribution < -0.4 is 0 Å². The molecule has 47 heavy (non-hydrogen) atoms. The van der Waals surface area contributed by atoms with Gasteiger partial charge in [0.15, 0.2) is 9.84 Å². The first-order valence-corrected chi connectivity index (χ1v) is 16.7. The fraction of sp³-hybridized carbons (Fsp3) is 0.0500. The predicted octanol–water partition coefficient (Wildman–Crippen LogP) is 9.12. The van der Waals surface area contributed by atoms with Crippen LogP contribution in [0.5, 0.6) is 0 Å². The molecular formula is C40H28N4O2S. The lowest BCUT2D eigenvalue weighted by atomic mass is 10.1. The average molecular weight is 629 g/mol. The van der Waals surface area contributed by atoms with Gasteiger partial charge in [-0.3, -0.25) is 0 Å². The minimum Gasteiger partial charge on any atom is -0.307 e. The molecule has 226 valence electrons. The molecule has 0 fully saturated rings. The largest absolute Gasteiger partial charge is 0.307 e. The molecule has 0 saturated carbocycles. The minimum atomic E-state index is -3.86. The normalized spacial score (nSPS) is 11.7. The van der Waals surface area contributed by atoms with E-state index in [0.717, 1.165) is 55.3 Å². The lowest BCUT2D eigenvalue weighted by Gasteiger charge is -2.14. The Bertz CT molecular complexity index is 2590. The molecular weight excluding hydrogens is 601 g/mol. The Hall–Kier alpha value is -6.15. The second-order valence-electron chi connectivity index (χ2n) is 11.2. The molecule has 7 rings (SSSR count). The van der Waals surface area contributed by atoms with Gasteiger partial charge >= 0.3 is 0 Å². The first-order valence-electron chi connectivity index (χ1n) is 15.1. The van der Waals surface area contributed by atoms with Gasteiger partial charge < -0.3 is 9.13 Å². The van der Waals surface area contributed by atoms with Gasteiger partial charge in [0.25, 0.3) is 0 Å². The summed E-state index contributed by atoms with van der Waals surface area (Å²) in [5.41, 5.74) is 7.84. The Labute approximate surface area is 272 Å². The van der Waals surface area contributed by atoms with Crippen LogP contribution in [0.3, 0.4) is 0 Å². The van der Waals surface area contributed by atoms with Crippen molar-refractivity contribution in [3.8, 4) is 23.5 Å². The van der Waals surface area contributed by atoms with Gasteiger partial charge in [-0.25, -0.2) is 8.42 Å². The van der Waals surface area contributed by atoms with Gasteiger partial charge in [-0.2, -0.15) is 10.5 Å². The summed E-state index contributed by atoms with van der Waals surface area (Å²) in [6.07, 6.45) is 5.97. The maximum Gasteiger partial charge on any atom is 0.183 e. The average Bonchev–Trinajstić information content (AvgIpc) is 3.61. The zero-order valence-electron chi connectivity index (χ0n) is 25.6. The van der Waals surface area contributed by atoms with Crippen molar-refractivity contribution in [3.63, 3.8) is 0 Å². The Morgan fingerprint density at radius 2 is 1.43 bits per heavy atom. The summed E-state index contributed by atoms with van der Waals surface area (Å²) in [7, 11) is -3.86. The van der Waals surface area contributed by atoms with E-state index in [4.69, 9.17) is 0 Å². The lowest BCUT2D eigenvalue weighted by molar-refractivity contribution is 0.595. The highest BCUT2D eigenvalue weighted by Crippen LogP contribution is 2.41. The molecule has 5 aromatic carbocycles. The number of hydrogen-bond donors (Lipinski definition) is 0. The number of allylic oxidation sites excluding steroid dienone is 1. The third-order valence-electron chi connectivity index (χ3n) is 8.50. The highest BCUT2D eigenvalue weighted by molar-refractivity contribution is 7.90. The van der Waals surface area contributed by atoms with Crippen LogP contribution in [0.2, 0.25) is 0 Å². The topological polar surface area (TPSA) is 91.6 Å². The summed E-state index contributed by atoms with van der Waals surface area (Å²) < 4.78 is 31.4. The molecule has 0 spiro atoms. The van der Waals surface area contributed by atoms with Crippen LogP contribution in [0.1, 0.15) is 34.9 Å². The van der Waals surface area contributed by atoms with E-state index >= 15 is 0 Å². The molecule has 0 aliphatic heterocycles. The zero-order chi connectivity index (χ0) is 32.7. The molecule has 0 N–H and O–H groups in total. The quantitative estimate of drug-likeness (QED) is 0.176. The Balaban J connectivity index is 1.45. The third-order valence-corrected chi connectivity index (χ3v) is 10.2. The van der Waals surface area contributed by atoms with Crippen molar-refractivity contribution in [1.82, 2.24) is 9.13 Å². The van der Waals surface area contributed by atoms with Crippen LogP contribution in [0.4, 0.5) is 0 Å². The van der Waals surface area contributed by atoms with Gasteiger partial charge in [0.2, 0.25) is 0 Å². The number of aromatic nitrogens is 2. The van der Waals surface area contributed by atoms with Crippen molar-refractivity contribution in [2.75, 3.05) is 0 Å². The van der Waals surface area contributed by atoms with Gasteiger partial charge in [-0.1, -0.05) is 79.4 Å². The molecule has 0 aliphatic rings. The van der Waals surface area contributed by atoms with Gasteiger partial charge in [0.05, 0.1) is 50.1 Å². The second kappa shape index (κ2) is 11.7. The van der Waals surface area contributed by atoms with E-state index in [9.17, 15) is 18.9 Å². The Morgan fingerprint density at radius 1 is 0.745 bits per heavy atom. The van der Waals surface area contributed by atoms with Crippen LogP contribution in [-0.2, 0) is 15.6 Å². The van der Waals surface area contributed by atoms with Gasteiger partial charge in [-0.05, 0) is 67.1 Å². The van der Waals surface area contributed by atoms with E-state index in [1.807, 2.05) is 73.7 Å². The van der Waals surface area contributed by atoms with Crippen molar-refractivity contribution >= 4 is 54.7 Å². The molecule has 0 aliphatic carbocycles. The Morgan fingerprint density at radius 3 is 2.13 bits per heavy atom. The molecule has 7 heteroatoms. The third kappa shape index (κ3) is 4.82. The van der Waals surface area contributed by atoms with Gasteiger partial charge in [-0.15, -0.1) is 0 Å². The summed E-state index contributed by atoms with van der Waals surface area (Å²) >= 11 is 0. The zero-order valence-corrected chi connectivity index (χ0v) is 26.4. The molecule has 0 unspecified atom stereocenters. The summed E-state index contributed by atoms with van der Waals surface area (Å²) in [4.78, 5) is -0.0818. The van der Waals surface area contributed by atoms with Crippen molar-refractivity contribution in [1.29, 1.82) is 10.5 Å².